The molecule has 0 amide bonds. The molecule has 2 atom stereocenters. The lowest BCUT2D eigenvalue weighted by Gasteiger charge is -2.41. The van der Waals surface area contributed by atoms with Crippen molar-refractivity contribution in [2.45, 2.75) is 64.6 Å². The molecule has 2 nitrogen and oxygen atoms in total. The Hall–Kier alpha value is -0.0800. The van der Waals surface area contributed by atoms with Crippen LogP contribution in [0.25, 0.3) is 0 Å². The summed E-state index contributed by atoms with van der Waals surface area (Å²) >= 11 is 0. The fourth-order valence-corrected chi connectivity index (χ4v) is 2.33. The lowest BCUT2D eigenvalue weighted by atomic mass is 9.90. The van der Waals surface area contributed by atoms with Crippen molar-refractivity contribution in [3.05, 3.63) is 0 Å². The molecule has 0 aromatic heterocycles. The van der Waals surface area contributed by atoms with Gasteiger partial charge < -0.3 is 5.32 Å². The van der Waals surface area contributed by atoms with Crippen molar-refractivity contribution in [3.63, 3.8) is 0 Å². The molecule has 1 aliphatic carbocycles. The maximum atomic E-state index is 3.57. The van der Waals surface area contributed by atoms with Gasteiger partial charge in [0.15, 0.2) is 0 Å². The van der Waals surface area contributed by atoms with E-state index in [2.05, 4.69) is 38.0 Å². The Labute approximate surface area is 89.1 Å². The first-order valence-electron chi connectivity index (χ1n) is 6.16. The highest BCUT2D eigenvalue weighted by atomic mass is 15.2. The molecule has 0 aromatic carbocycles. The van der Waals surface area contributed by atoms with Gasteiger partial charge in [0.1, 0.15) is 0 Å². The zero-order chi connectivity index (χ0) is 10.6. The second-order valence-corrected chi connectivity index (χ2v) is 4.56. The summed E-state index contributed by atoms with van der Waals surface area (Å²) < 4.78 is 0. The maximum Gasteiger partial charge on any atom is 0.0220 e. The van der Waals surface area contributed by atoms with E-state index in [1.54, 1.807) is 0 Å². The monoisotopic (exact) mass is 198 g/mol. The molecule has 0 spiro atoms. The lowest BCUT2D eigenvalue weighted by Crippen LogP contribution is -2.52. The van der Waals surface area contributed by atoms with Crippen LogP contribution in [0.4, 0.5) is 0 Å². The van der Waals surface area contributed by atoms with Gasteiger partial charge in [-0.15, -0.1) is 0 Å². The van der Waals surface area contributed by atoms with Crippen LogP contribution in [0.3, 0.4) is 0 Å². The molecule has 0 saturated heterocycles. The highest BCUT2D eigenvalue weighted by molar-refractivity contribution is 4.86. The van der Waals surface area contributed by atoms with Gasteiger partial charge >= 0.3 is 0 Å². The second kappa shape index (κ2) is 5.72. The summed E-state index contributed by atoms with van der Waals surface area (Å²) in [6.07, 6.45) is 5.47. The highest BCUT2D eigenvalue weighted by Gasteiger charge is 2.28. The van der Waals surface area contributed by atoms with Gasteiger partial charge in [-0.3, -0.25) is 4.90 Å². The normalized spacial score (nSPS) is 22.1. The van der Waals surface area contributed by atoms with Gasteiger partial charge in [-0.2, -0.15) is 0 Å². The smallest absolute Gasteiger partial charge is 0.0220 e. The molecule has 84 valence electrons. The van der Waals surface area contributed by atoms with E-state index < -0.39 is 0 Å². The quantitative estimate of drug-likeness (QED) is 0.704. The molecule has 1 rings (SSSR count). The van der Waals surface area contributed by atoms with Crippen LogP contribution in [-0.2, 0) is 0 Å². The standard InChI is InChI=1S/C12H26N2/c1-5-12(13-6-2)10(3)14(4)11-8-7-9-11/h10-13H,5-9H2,1-4H3. The van der Waals surface area contributed by atoms with Crippen molar-refractivity contribution in [2.24, 2.45) is 0 Å². The van der Waals surface area contributed by atoms with Crippen molar-refractivity contribution < 1.29 is 0 Å². The maximum absolute atomic E-state index is 3.57. The zero-order valence-electron chi connectivity index (χ0n) is 10.2. The van der Waals surface area contributed by atoms with Crippen molar-refractivity contribution >= 4 is 0 Å². The van der Waals surface area contributed by atoms with E-state index >= 15 is 0 Å². The minimum absolute atomic E-state index is 0.658. The SMILES string of the molecule is CCNC(CC)C(C)N(C)C1CCC1. The molecule has 14 heavy (non-hydrogen) atoms. The van der Waals surface area contributed by atoms with Gasteiger partial charge in [-0.25, -0.2) is 0 Å². The molecule has 1 saturated carbocycles. The molecule has 2 heteroatoms. The van der Waals surface area contributed by atoms with Crippen LogP contribution in [0.2, 0.25) is 0 Å². The van der Waals surface area contributed by atoms with Crippen molar-refractivity contribution in [1.29, 1.82) is 0 Å². The van der Waals surface area contributed by atoms with Crippen LogP contribution in [-0.4, -0.2) is 36.6 Å². The number of hydrogen-bond donors (Lipinski definition) is 1. The van der Waals surface area contributed by atoms with Crippen molar-refractivity contribution in [2.75, 3.05) is 13.6 Å². The zero-order valence-corrected chi connectivity index (χ0v) is 10.2. The fraction of sp³-hybridized carbons (Fsp3) is 1.00. The first kappa shape index (κ1) is 12.0. The Balaban J connectivity index is 2.38. The Kier molecular flexibility index (Phi) is 4.90. The van der Waals surface area contributed by atoms with Crippen LogP contribution < -0.4 is 5.32 Å². The summed E-state index contributed by atoms with van der Waals surface area (Å²) in [6.45, 7) is 7.91. The van der Waals surface area contributed by atoms with E-state index in [1.807, 2.05) is 0 Å². The van der Waals surface area contributed by atoms with Gasteiger partial charge in [-0.1, -0.05) is 20.3 Å². The van der Waals surface area contributed by atoms with E-state index in [4.69, 9.17) is 0 Å². The number of nitrogens with one attached hydrogen (secondary N) is 1. The molecule has 0 radical (unpaired) electrons. The topological polar surface area (TPSA) is 15.3 Å². The Morgan fingerprint density at radius 2 is 2.00 bits per heavy atom. The largest absolute Gasteiger partial charge is 0.313 e. The number of rotatable bonds is 6. The van der Waals surface area contributed by atoms with Gasteiger partial charge in [0.2, 0.25) is 0 Å². The van der Waals surface area contributed by atoms with Crippen LogP contribution in [0.5, 0.6) is 0 Å². The first-order valence-corrected chi connectivity index (χ1v) is 6.16. The minimum Gasteiger partial charge on any atom is -0.313 e. The third-order valence-electron chi connectivity index (χ3n) is 3.78. The van der Waals surface area contributed by atoms with Gasteiger partial charge in [0.05, 0.1) is 0 Å². The summed E-state index contributed by atoms with van der Waals surface area (Å²) in [5.74, 6) is 0. The summed E-state index contributed by atoms with van der Waals surface area (Å²) in [5.41, 5.74) is 0. The fourth-order valence-electron chi connectivity index (χ4n) is 2.33. The van der Waals surface area contributed by atoms with E-state index in [-0.39, 0.29) is 0 Å². The van der Waals surface area contributed by atoms with Crippen molar-refractivity contribution in [1.82, 2.24) is 10.2 Å². The molecular formula is C12H26N2. The summed E-state index contributed by atoms with van der Waals surface area (Å²) in [5, 5.41) is 3.57. The third-order valence-corrected chi connectivity index (χ3v) is 3.78. The van der Waals surface area contributed by atoms with Crippen LogP contribution >= 0.6 is 0 Å². The van der Waals surface area contributed by atoms with E-state index in [0.29, 0.717) is 12.1 Å². The number of nitrogens with zero attached hydrogens (tertiary/aromatic N) is 1. The second-order valence-electron chi connectivity index (χ2n) is 4.56. The Morgan fingerprint density at radius 3 is 2.36 bits per heavy atom. The van der Waals surface area contributed by atoms with E-state index in [0.717, 1.165) is 12.6 Å². The van der Waals surface area contributed by atoms with E-state index in [9.17, 15) is 0 Å². The molecule has 1 aliphatic rings. The average Bonchev–Trinajstić information content (AvgIpc) is 2.10. The van der Waals surface area contributed by atoms with E-state index in [1.165, 1.54) is 25.7 Å². The summed E-state index contributed by atoms with van der Waals surface area (Å²) in [6, 6.07) is 2.19. The molecular weight excluding hydrogens is 172 g/mol. The lowest BCUT2D eigenvalue weighted by molar-refractivity contribution is 0.0954. The molecule has 0 heterocycles. The van der Waals surface area contributed by atoms with Gasteiger partial charge in [0, 0.05) is 18.1 Å². The van der Waals surface area contributed by atoms with Crippen LogP contribution in [0, 0.1) is 0 Å². The summed E-state index contributed by atoms with van der Waals surface area (Å²) in [4.78, 5) is 2.57. The van der Waals surface area contributed by atoms with Crippen LogP contribution in [0.1, 0.15) is 46.5 Å². The van der Waals surface area contributed by atoms with Crippen LogP contribution in [0.15, 0.2) is 0 Å². The molecule has 0 aromatic rings. The number of likely N-dealkylation sites (N-methyl/N-ethyl adjacent to an activating group) is 2. The Morgan fingerprint density at radius 1 is 1.36 bits per heavy atom. The predicted octanol–water partition coefficient (Wildman–Crippen LogP) is 2.25. The average molecular weight is 198 g/mol. The molecule has 1 N–H and O–H groups in total. The Bertz CT molecular complexity index is 152. The van der Waals surface area contributed by atoms with Crippen molar-refractivity contribution in [3.8, 4) is 0 Å². The molecule has 1 fully saturated rings. The molecule has 0 bridgehead atoms. The number of hydrogen-bond acceptors (Lipinski definition) is 2. The summed E-state index contributed by atoms with van der Waals surface area (Å²) in [7, 11) is 2.29. The third kappa shape index (κ3) is 2.71. The van der Waals surface area contributed by atoms with Gasteiger partial charge in [-0.05, 0) is 39.8 Å². The first-order chi connectivity index (χ1) is 6.70. The predicted molar refractivity (Wildman–Crippen MR) is 62.6 cm³/mol. The molecule has 0 aliphatic heterocycles. The van der Waals surface area contributed by atoms with Gasteiger partial charge in [0.25, 0.3) is 0 Å². The molecule has 2 unspecified atom stereocenters. The minimum atomic E-state index is 0.658. The highest BCUT2D eigenvalue weighted by Crippen LogP contribution is 2.26.